The van der Waals surface area contributed by atoms with Crippen LogP contribution in [0.2, 0.25) is 0 Å². The van der Waals surface area contributed by atoms with Crippen LogP contribution in [0.3, 0.4) is 0 Å². The summed E-state index contributed by atoms with van der Waals surface area (Å²) in [6.07, 6.45) is 4.32. The number of benzene rings is 1. The van der Waals surface area contributed by atoms with Gasteiger partial charge in [-0.2, -0.15) is 0 Å². The summed E-state index contributed by atoms with van der Waals surface area (Å²) < 4.78 is 14.7. The zero-order valence-corrected chi connectivity index (χ0v) is 13.0. The Hall–Kier alpha value is -2.01. The quantitative estimate of drug-likeness (QED) is 0.685. The lowest BCUT2D eigenvalue weighted by atomic mass is 9.97. The minimum absolute atomic E-state index is 0.0338. The molecule has 0 N–H and O–H groups in total. The number of fused-ring (bicyclic) bond motifs is 3. The van der Waals surface area contributed by atoms with Gasteiger partial charge in [-0.15, -0.1) is 11.3 Å². The number of nitrogens with zero attached hydrogens (tertiary/aromatic N) is 2. The molecular weight excluding hydrogens is 299 g/mol. The minimum Gasteiger partial charge on any atom is -0.268 e. The summed E-state index contributed by atoms with van der Waals surface area (Å²) in [6, 6.07) is 5.98. The molecule has 0 saturated heterocycles. The van der Waals surface area contributed by atoms with Crippen LogP contribution in [0.25, 0.3) is 15.9 Å². The largest absolute Gasteiger partial charge is 0.268 e. The number of aromatic nitrogens is 2. The molecule has 4 rings (SSSR count). The van der Waals surface area contributed by atoms with Crippen LogP contribution < -0.4 is 5.56 Å². The Morgan fingerprint density at radius 1 is 1.18 bits per heavy atom. The Morgan fingerprint density at radius 2 is 1.91 bits per heavy atom. The van der Waals surface area contributed by atoms with E-state index >= 15 is 0 Å². The van der Waals surface area contributed by atoms with E-state index in [-0.39, 0.29) is 11.4 Å². The molecule has 3 nitrogen and oxygen atoms in total. The van der Waals surface area contributed by atoms with Gasteiger partial charge >= 0.3 is 0 Å². The van der Waals surface area contributed by atoms with Crippen molar-refractivity contribution in [3.05, 3.63) is 56.7 Å². The van der Waals surface area contributed by atoms with Crippen molar-refractivity contribution in [2.75, 3.05) is 0 Å². The number of aryl methyl sites for hydroxylation is 3. The third-order valence-electron chi connectivity index (χ3n) is 4.24. The van der Waals surface area contributed by atoms with Gasteiger partial charge in [-0.05, 0) is 62.4 Å². The second-order valence-corrected chi connectivity index (χ2v) is 6.75. The van der Waals surface area contributed by atoms with Crippen molar-refractivity contribution in [3.63, 3.8) is 0 Å². The van der Waals surface area contributed by atoms with Crippen molar-refractivity contribution >= 4 is 21.6 Å². The Labute approximate surface area is 131 Å². The highest BCUT2D eigenvalue weighted by Gasteiger charge is 2.21. The zero-order valence-electron chi connectivity index (χ0n) is 12.2. The fourth-order valence-electron chi connectivity index (χ4n) is 3.20. The second kappa shape index (κ2) is 5.02. The van der Waals surface area contributed by atoms with E-state index in [4.69, 9.17) is 0 Å². The van der Waals surface area contributed by atoms with Crippen LogP contribution in [0, 0.1) is 12.7 Å². The molecule has 0 radical (unpaired) electrons. The van der Waals surface area contributed by atoms with Crippen molar-refractivity contribution in [1.82, 2.24) is 9.55 Å². The molecule has 1 aromatic carbocycles. The first-order chi connectivity index (χ1) is 10.6. The van der Waals surface area contributed by atoms with Crippen molar-refractivity contribution in [2.45, 2.75) is 32.6 Å². The van der Waals surface area contributed by atoms with Gasteiger partial charge in [0.15, 0.2) is 0 Å². The number of thiophene rings is 1. The SMILES string of the molecule is Cc1nc2sc3c(c2c(=O)n1-c1ccc(F)cc1)CCCC3. The van der Waals surface area contributed by atoms with Gasteiger partial charge in [0, 0.05) is 4.88 Å². The summed E-state index contributed by atoms with van der Waals surface area (Å²) in [4.78, 5) is 19.8. The standard InChI is InChI=1S/C17H15FN2OS/c1-10-19-16-15(13-4-2-3-5-14(13)22-16)17(21)20(10)12-8-6-11(18)7-9-12/h6-9H,2-5H2,1H3. The second-order valence-electron chi connectivity index (χ2n) is 5.67. The van der Waals surface area contributed by atoms with Crippen molar-refractivity contribution < 1.29 is 4.39 Å². The average Bonchev–Trinajstić information content (AvgIpc) is 2.87. The van der Waals surface area contributed by atoms with Crippen molar-refractivity contribution in [3.8, 4) is 5.69 Å². The van der Waals surface area contributed by atoms with Crippen LogP contribution in [0.1, 0.15) is 29.1 Å². The molecule has 0 spiro atoms. The maximum atomic E-state index is 13.1. The molecule has 112 valence electrons. The molecule has 0 aliphatic heterocycles. The van der Waals surface area contributed by atoms with Crippen LogP contribution in [-0.4, -0.2) is 9.55 Å². The van der Waals surface area contributed by atoms with Crippen molar-refractivity contribution in [1.29, 1.82) is 0 Å². The smallest absolute Gasteiger partial charge is 0.267 e. The highest BCUT2D eigenvalue weighted by molar-refractivity contribution is 7.18. The highest BCUT2D eigenvalue weighted by Crippen LogP contribution is 2.34. The lowest BCUT2D eigenvalue weighted by molar-refractivity contribution is 0.627. The third-order valence-corrected chi connectivity index (χ3v) is 5.43. The first-order valence-corrected chi connectivity index (χ1v) is 8.26. The highest BCUT2D eigenvalue weighted by atomic mass is 32.1. The van der Waals surface area contributed by atoms with Gasteiger partial charge in [0.1, 0.15) is 16.5 Å². The average molecular weight is 314 g/mol. The van der Waals surface area contributed by atoms with E-state index in [1.54, 1.807) is 28.0 Å². The fraction of sp³-hybridized carbons (Fsp3) is 0.294. The van der Waals surface area contributed by atoms with Gasteiger partial charge in [0.25, 0.3) is 5.56 Å². The maximum absolute atomic E-state index is 13.1. The molecule has 5 heteroatoms. The minimum atomic E-state index is -0.309. The topological polar surface area (TPSA) is 34.9 Å². The van der Waals surface area contributed by atoms with Crippen LogP contribution in [0.15, 0.2) is 29.1 Å². The molecule has 0 saturated carbocycles. The molecule has 0 unspecified atom stereocenters. The molecule has 0 fully saturated rings. The molecule has 0 bridgehead atoms. The number of rotatable bonds is 1. The summed E-state index contributed by atoms with van der Waals surface area (Å²) in [5, 5.41) is 0.759. The van der Waals surface area contributed by atoms with Crippen LogP contribution in [-0.2, 0) is 12.8 Å². The maximum Gasteiger partial charge on any atom is 0.267 e. The van der Waals surface area contributed by atoms with E-state index in [0.29, 0.717) is 11.5 Å². The van der Waals surface area contributed by atoms with E-state index < -0.39 is 0 Å². The third kappa shape index (κ3) is 2.00. The van der Waals surface area contributed by atoms with Crippen LogP contribution in [0.5, 0.6) is 0 Å². The van der Waals surface area contributed by atoms with Gasteiger partial charge in [0.05, 0.1) is 11.1 Å². The van der Waals surface area contributed by atoms with Crippen LogP contribution in [0.4, 0.5) is 4.39 Å². The lowest BCUT2D eigenvalue weighted by Gasteiger charge is -2.12. The molecule has 1 aliphatic carbocycles. The summed E-state index contributed by atoms with van der Waals surface area (Å²) in [5.41, 5.74) is 1.81. The number of hydrogen-bond donors (Lipinski definition) is 0. The number of halogens is 1. The normalized spacial score (nSPS) is 14.3. The summed E-state index contributed by atoms with van der Waals surface area (Å²) in [5.74, 6) is 0.333. The Bertz CT molecular complexity index is 924. The van der Waals surface area contributed by atoms with Gasteiger partial charge in [0.2, 0.25) is 0 Å². The molecule has 0 amide bonds. The molecular formula is C17H15FN2OS. The predicted molar refractivity (Wildman–Crippen MR) is 86.6 cm³/mol. The summed E-state index contributed by atoms with van der Waals surface area (Å²) >= 11 is 1.65. The first kappa shape index (κ1) is 13.6. The molecule has 22 heavy (non-hydrogen) atoms. The Balaban J connectivity index is 2.03. The van der Waals surface area contributed by atoms with Crippen molar-refractivity contribution in [2.24, 2.45) is 0 Å². The van der Waals surface area contributed by atoms with Gasteiger partial charge in [-0.1, -0.05) is 0 Å². The van der Waals surface area contributed by atoms with E-state index in [0.717, 1.165) is 29.5 Å². The molecule has 3 aromatic rings. The van der Waals surface area contributed by atoms with Crippen LogP contribution >= 0.6 is 11.3 Å². The van der Waals surface area contributed by atoms with E-state index in [2.05, 4.69) is 4.98 Å². The zero-order chi connectivity index (χ0) is 15.3. The number of hydrogen-bond acceptors (Lipinski definition) is 3. The predicted octanol–water partition coefficient (Wildman–Crippen LogP) is 3.77. The molecule has 1 aliphatic rings. The van der Waals surface area contributed by atoms with E-state index in [1.807, 2.05) is 6.92 Å². The lowest BCUT2D eigenvalue weighted by Crippen LogP contribution is -2.22. The van der Waals surface area contributed by atoms with E-state index in [1.165, 1.54) is 29.0 Å². The fourth-order valence-corrected chi connectivity index (χ4v) is 4.50. The van der Waals surface area contributed by atoms with E-state index in [9.17, 15) is 9.18 Å². The summed E-state index contributed by atoms with van der Waals surface area (Å²) in [6.45, 7) is 1.82. The Kier molecular flexibility index (Phi) is 3.11. The Morgan fingerprint density at radius 3 is 2.68 bits per heavy atom. The monoisotopic (exact) mass is 314 g/mol. The van der Waals surface area contributed by atoms with Gasteiger partial charge in [-0.3, -0.25) is 9.36 Å². The molecule has 2 heterocycles. The molecule has 0 atom stereocenters. The van der Waals surface area contributed by atoms with Gasteiger partial charge < -0.3 is 0 Å². The van der Waals surface area contributed by atoms with Gasteiger partial charge in [-0.25, -0.2) is 9.37 Å². The molecule has 2 aromatic heterocycles. The first-order valence-electron chi connectivity index (χ1n) is 7.45. The summed E-state index contributed by atoms with van der Waals surface area (Å²) in [7, 11) is 0.